The molecule has 0 aromatic carbocycles. The molecule has 0 amide bonds. The minimum Gasteiger partial charge on any atom is -0.477 e. The minimum atomic E-state index is 0. The predicted octanol–water partition coefficient (Wildman–Crippen LogP) is 2.30. The van der Waals surface area contributed by atoms with Crippen molar-refractivity contribution in [2.75, 3.05) is 19.7 Å². The molecule has 1 aromatic rings. The molecule has 0 aliphatic carbocycles. The summed E-state index contributed by atoms with van der Waals surface area (Å²) in [6, 6.07) is 5.74. The van der Waals surface area contributed by atoms with Crippen LogP contribution in [0.4, 0.5) is 0 Å². The third kappa shape index (κ3) is 5.01. The molecule has 16 heavy (non-hydrogen) atoms. The lowest BCUT2D eigenvalue weighted by molar-refractivity contribution is 0.212. The average Bonchev–Trinajstić information content (AvgIpc) is 2.29. The highest BCUT2D eigenvalue weighted by atomic mass is 35.5. The van der Waals surface area contributed by atoms with Crippen LogP contribution in [0.5, 0.6) is 5.88 Å². The lowest BCUT2D eigenvalue weighted by Gasteiger charge is -2.22. The molecule has 1 N–H and O–H groups in total. The van der Waals surface area contributed by atoms with Crippen LogP contribution in [0.1, 0.15) is 12.8 Å². The summed E-state index contributed by atoms with van der Waals surface area (Å²) in [5.74, 6) is 1.38. The molecule has 2 heterocycles. The monoisotopic (exact) mass is 264 g/mol. The van der Waals surface area contributed by atoms with E-state index in [0.29, 0.717) is 5.92 Å². The van der Waals surface area contributed by atoms with Crippen molar-refractivity contribution in [1.29, 1.82) is 0 Å². The van der Waals surface area contributed by atoms with Crippen molar-refractivity contribution in [3.63, 3.8) is 0 Å². The fourth-order valence-corrected chi connectivity index (χ4v) is 1.70. The Morgan fingerprint density at radius 2 is 2.25 bits per heavy atom. The van der Waals surface area contributed by atoms with Crippen molar-refractivity contribution in [1.82, 2.24) is 10.3 Å². The Balaban J connectivity index is 0.00000112. The Labute approximate surface area is 109 Å². The first-order valence-corrected chi connectivity index (χ1v) is 5.20. The van der Waals surface area contributed by atoms with Gasteiger partial charge in [0.15, 0.2) is 0 Å². The number of ether oxygens (including phenoxy) is 1. The quantitative estimate of drug-likeness (QED) is 0.910. The molecule has 1 aliphatic heterocycles. The van der Waals surface area contributed by atoms with Crippen LogP contribution >= 0.6 is 24.8 Å². The molecule has 1 aliphatic rings. The number of hydrogen-bond acceptors (Lipinski definition) is 3. The first-order valence-electron chi connectivity index (χ1n) is 5.20. The fraction of sp³-hybridized carbons (Fsp3) is 0.545. The third-order valence-electron chi connectivity index (χ3n) is 2.50. The number of nitrogens with zero attached hydrogens (tertiary/aromatic N) is 1. The van der Waals surface area contributed by atoms with Crippen LogP contribution in [0.25, 0.3) is 0 Å². The van der Waals surface area contributed by atoms with Gasteiger partial charge in [0.2, 0.25) is 5.88 Å². The molecule has 1 saturated heterocycles. The molecule has 0 spiro atoms. The summed E-state index contributed by atoms with van der Waals surface area (Å²) in [5.41, 5.74) is 0. The average molecular weight is 265 g/mol. The summed E-state index contributed by atoms with van der Waals surface area (Å²) in [6.07, 6.45) is 4.28. The normalized spacial score (nSPS) is 19.1. The zero-order chi connectivity index (χ0) is 9.64. The zero-order valence-electron chi connectivity index (χ0n) is 9.09. The highest BCUT2D eigenvalue weighted by Gasteiger charge is 2.13. The van der Waals surface area contributed by atoms with E-state index in [4.69, 9.17) is 4.74 Å². The minimum absolute atomic E-state index is 0. The molecule has 3 nitrogen and oxygen atoms in total. The van der Waals surface area contributed by atoms with Gasteiger partial charge in [-0.1, -0.05) is 6.07 Å². The lowest BCUT2D eigenvalue weighted by atomic mass is 10.0. The summed E-state index contributed by atoms with van der Waals surface area (Å²) in [7, 11) is 0. The Hall–Kier alpha value is -0.510. The summed E-state index contributed by atoms with van der Waals surface area (Å²) >= 11 is 0. The molecule has 1 atom stereocenters. The second-order valence-electron chi connectivity index (χ2n) is 3.69. The molecule has 1 fully saturated rings. The second-order valence-corrected chi connectivity index (χ2v) is 3.69. The number of rotatable bonds is 3. The Kier molecular flexibility index (Phi) is 8.35. The van der Waals surface area contributed by atoms with Crippen LogP contribution < -0.4 is 10.1 Å². The van der Waals surface area contributed by atoms with E-state index in [9.17, 15) is 0 Å². The van der Waals surface area contributed by atoms with Gasteiger partial charge in [-0.25, -0.2) is 4.98 Å². The molecule has 2 rings (SSSR count). The van der Waals surface area contributed by atoms with Crippen LogP contribution in [0.2, 0.25) is 0 Å². The van der Waals surface area contributed by atoms with Crippen LogP contribution in [-0.2, 0) is 0 Å². The van der Waals surface area contributed by atoms with E-state index in [1.165, 1.54) is 12.8 Å². The predicted molar refractivity (Wildman–Crippen MR) is 69.8 cm³/mol. The van der Waals surface area contributed by atoms with Gasteiger partial charge in [-0.2, -0.15) is 0 Å². The van der Waals surface area contributed by atoms with Gasteiger partial charge in [-0.15, -0.1) is 24.8 Å². The van der Waals surface area contributed by atoms with Gasteiger partial charge in [-0.05, 0) is 25.5 Å². The first kappa shape index (κ1) is 15.5. The van der Waals surface area contributed by atoms with Crippen LogP contribution in [0, 0.1) is 5.92 Å². The van der Waals surface area contributed by atoms with Crippen molar-refractivity contribution in [3.8, 4) is 5.88 Å². The number of nitrogens with one attached hydrogen (secondary N) is 1. The van der Waals surface area contributed by atoms with Gasteiger partial charge in [0, 0.05) is 24.7 Å². The van der Waals surface area contributed by atoms with E-state index in [-0.39, 0.29) is 24.8 Å². The maximum atomic E-state index is 5.59. The van der Waals surface area contributed by atoms with Gasteiger partial charge in [0.25, 0.3) is 0 Å². The van der Waals surface area contributed by atoms with Crippen LogP contribution in [0.3, 0.4) is 0 Å². The smallest absolute Gasteiger partial charge is 0.213 e. The van der Waals surface area contributed by atoms with E-state index < -0.39 is 0 Å². The molecular weight excluding hydrogens is 247 g/mol. The number of pyridine rings is 1. The van der Waals surface area contributed by atoms with Gasteiger partial charge < -0.3 is 10.1 Å². The highest BCUT2D eigenvalue weighted by Crippen LogP contribution is 2.12. The van der Waals surface area contributed by atoms with E-state index >= 15 is 0 Å². The van der Waals surface area contributed by atoms with Gasteiger partial charge in [-0.3, -0.25) is 0 Å². The van der Waals surface area contributed by atoms with Gasteiger partial charge in [0.05, 0.1) is 6.61 Å². The van der Waals surface area contributed by atoms with Crippen molar-refractivity contribution in [3.05, 3.63) is 24.4 Å². The highest BCUT2D eigenvalue weighted by molar-refractivity contribution is 5.85. The second kappa shape index (κ2) is 8.62. The van der Waals surface area contributed by atoms with Crippen molar-refractivity contribution in [2.45, 2.75) is 12.8 Å². The Morgan fingerprint density at radius 1 is 1.38 bits per heavy atom. The molecular formula is C11H18Cl2N2O. The number of halogens is 2. The molecule has 0 saturated carbocycles. The topological polar surface area (TPSA) is 34.1 Å². The summed E-state index contributed by atoms with van der Waals surface area (Å²) in [4.78, 5) is 4.12. The molecule has 92 valence electrons. The number of aromatic nitrogens is 1. The fourth-order valence-electron chi connectivity index (χ4n) is 1.70. The molecule has 0 bridgehead atoms. The van der Waals surface area contributed by atoms with Crippen molar-refractivity contribution in [2.24, 2.45) is 5.92 Å². The van der Waals surface area contributed by atoms with Gasteiger partial charge in [0.1, 0.15) is 0 Å². The maximum absolute atomic E-state index is 5.59. The summed E-state index contributed by atoms with van der Waals surface area (Å²) < 4.78 is 5.59. The van der Waals surface area contributed by atoms with E-state index in [1.54, 1.807) is 6.20 Å². The summed E-state index contributed by atoms with van der Waals surface area (Å²) in [5, 5.41) is 3.37. The third-order valence-corrected chi connectivity index (χ3v) is 2.50. The van der Waals surface area contributed by atoms with E-state index in [1.807, 2.05) is 18.2 Å². The van der Waals surface area contributed by atoms with Gasteiger partial charge >= 0.3 is 0 Å². The standard InChI is InChI=1S/C11H16N2O.2ClH/c1-2-7-13-11(5-1)14-9-10-4-3-6-12-8-10;;/h1-2,5,7,10,12H,3-4,6,8-9H2;2*1H. The Bertz CT molecular complexity index is 266. The molecule has 1 unspecified atom stereocenters. The first-order chi connectivity index (χ1) is 6.95. The molecule has 5 heteroatoms. The molecule has 0 radical (unpaired) electrons. The number of piperidine rings is 1. The maximum Gasteiger partial charge on any atom is 0.213 e. The van der Waals surface area contributed by atoms with Crippen molar-refractivity contribution >= 4 is 24.8 Å². The zero-order valence-corrected chi connectivity index (χ0v) is 10.7. The van der Waals surface area contributed by atoms with Crippen molar-refractivity contribution < 1.29 is 4.74 Å². The van der Waals surface area contributed by atoms with Crippen LogP contribution in [0.15, 0.2) is 24.4 Å². The van der Waals surface area contributed by atoms with E-state index in [0.717, 1.165) is 25.6 Å². The molecule has 1 aromatic heterocycles. The summed E-state index contributed by atoms with van der Waals surface area (Å²) in [6.45, 7) is 3.01. The lowest BCUT2D eigenvalue weighted by Crippen LogP contribution is -2.33. The van der Waals surface area contributed by atoms with E-state index in [2.05, 4.69) is 10.3 Å². The largest absolute Gasteiger partial charge is 0.477 e. The SMILES string of the molecule is Cl.Cl.c1ccc(OCC2CCCNC2)nc1. The van der Waals surface area contributed by atoms with Crippen LogP contribution in [-0.4, -0.2) is 24.7 Å². The number of hydrogen-bond donors (Lipinski definition) is 1. The Morgan fingerprint density at radius 3 is 2.88 bits per heavy atom.